The van der Waals surface area contributed by atoms with Crippen LogP contribution in [0.1, 0.15) is 60.8 Å². The molecule has 5 unspecified atom stereocenters. The second-order valence-corrected chi connectivity index (χ2v) is 12.3. The molecule has 1 aliphatic rings. The van der Waals surface area contributed by atoms with E-state index in [4.69, 9.17) is 14.6 Å². The van der Waals surface area contributed by atoms with Gasteiger partial charge in [-0.2, -0.15) is 0 Å². The number of aliphatic hydroxyl groups excluding tert-OH is 3. The van der Waals surface area contributed by atoms with E-state index in [0.717, 1.165) is 16.9 Å². The first-order chi connectivity index (χ1) is 20.2. The van der Waals surface area contributed by atoms with E-state index in [1.807, 2.05) is 24.3 Å². The lowest BCUT2D eigenvalue weighted by atomic mass is 9.87. The minimum absolute atomic E-state index is 0.0148. The standard InChI is InChI=1S/C29H38N2O11S/c1-29(2,3)16-6-4-15(5-7-16)14-41-18-10-11-43-26(18)27(38)30-13-20-24(36)25(37)23(35)19(42-20)12-21(32)31-17(28(39)40)8-9-22(33)34/h4-7,10-11,17,19-20,23-25,35-37H,8-9,12-14H2,1-3H3,(H,30,38)(H,31,32)(H,33,34)(H,39,40)/t17-,19?,20?,23?,24?,25?/m0/s1. The molecule has 7 N–H and O–H groups in total. The first-order valence-corrected chi connectivity index (χ1v) is 14.6. The first kappa shape index (κ1) is 33.9. The Morgan fingerprint density at radius 1 is 0.977 bits per heavy atom. The Hall–Kier alpha value is -3.56. The van der Waals surface area contributed by atoms with Crippen molar-refractivity contribution < 1.29 is 54.2 Å². The summed E-state index contributed by atoms with van der Waals surface area (Å²) in [7, 11) is 0. The molecule has 0 radical (unpaired) electrons. The number of carbonyl (C=O) groups is 4. The molecule has 236 valence electrons. The molecule has 1 aliphatic heterocycles. The molecule has 0 saturated carbocycles. The number of amides is 2. The molecule has 1 fully saturated rings. The highest BCUT2D eigenvalue weighted by Crippen LogP contribution is 2.28. The van der Waals surface area contributed by atoms with Crippen LogP contribution in [0.15, 0.2) is 35.7 Å². The molecule has 1 aromatic heterocycles. The summed E-state index contributed by atoms with van der Waals surface area (Å²) in [4.78, 5) is 47.8. The number of thiophene rings is 1. The van der Waals surface area contributed by atoms with Crippen LogP contribution in [0.25, 0.3) is 0 Å². The highest BCUT2D eigenvalue weighted by molar-refractivity contribution is 7.12. The van der Waals surface area contributed by atoms with E-state index in [9.17, 15) is 39.6 Å². The maximum atomic E-state index is 13.0. The third-order valence-electron chi connectivity index (χ3n) is 6.99. The number of carboxylic acids is 2. The van der Waals surface area contributed by atoms with Crippen molar-refractivity contribution in [2.24, 2.45) is 0 Å². The fourth-order valence-electron chi connectivity index (χ4n) is 4.44. The number of carbonyl (C=O) groups excluding carboxylic acids is 2. The van der Waals surface area contributed by atoms with Gasteiger partial charge >= 0.3 is 11.9 Å². The van der Waals surface area contributed by atoms with Crippen LogP contribution in [-0.2, 0) is 31.1 Å². The quantitative estimate of drug-likeness (QED) is 0.168. The van der Waals surface area contributed by atoms with Crippen molar-refractivity contribution in [1.82, 2.24) is 10.6 Å². The Morgan fingerprint density at radius 3 is 2.23 bits per heavy atom. The van der Waals surface area contributed by atoms with Crippen molar-refractivity contribution in [1.29, 1.82) is 0 Å². The van der Waals surface area contributed by atoms with E-state index < -0.39 is 73.2 Å². The largest absolute Gasteiger partial charge is 0.487 e. The van der Waals surface area contributed by atoms with Crippen molar-refractivity contribution in [2.75, 3.05) is 6.54 Å². The van der Waals surface area contributed by atoms with Crippen LogP contribution < -0.4 is 15.4 Å². The van der Waals surface area contributed by atoms with E-state index in [0.29, 0.717) is 5.75 Å². The van der Waals surface area contributed by atoms with E-state index in [1.165, 1.54) is 5.56 Å². The van der Waals surface area contributed by atoms with Crippen LogP contribution in [0.4, 0.5) is 0 Å². The van der Waals surface area contributed by atoms with Crippen molar-refractivity contribution in [2.45, 2.75) is 88.6 Å². The van der Waals surface area contributed by atoms with Gasteiger partial charge in [0.2, 0.25) is 5.91 Å². The lowest BCUT2D eigenvalue weighted by Crippen LogP contribution is -2.60. The summed E-state index contributed by atoms with van der Waals surface area (Å²) < 4.78 is 11.5. The van der Waals surface area contributed by atoms with Gasteiger partial charge < -0.3 is 45.6 Å². The summed E-state index contributed by atoms with van der Waals surface area (Å²) in [6.45, 7) is 6.31. The van der Waals surface area contributed by atoms with Crippen molar-refractivity contribution in [3.63, 3.8) is 0 Å². The van der Waals surface area contributed by atoms with Crippen molar-refractivity contribution in [3.8, 4) is 5.75 Å². The predicted octanol–water partition coefficient (Wildman–Crippen LogP) is 1.03. The average Bonchev–Trinajstić information content (AvgIpc) is 3.42. The van der Waals surface area contributed by atoms with E-state index in [1.54, 1.807) is 11.4 Å². The number of carboxylic acid groups (broad SMARTS) is 2. The number of aliphatic carboxylic acids is 2. The third-order valence-corrected chi connectivity index (χ3v) is 7.89. The number of hydrogen-bond donors (Lipinski definition) is 7. The lowest BCUT2D eigenvalue weighted by Gasteiger charge is -2.40. The summed E-state index contributed by atoms with van der Waals surface area (Å²) >= 11 is 1.14. The van der Waals surface area contributed by atoms with Crippen LogP contribution in [0.2, 0.25) is 0 Å². The van der Waals surface area contributed by atoms with Gasteiger partial charge in [0.15, 0.2) is 0 Å². The fraction of sp³-hybridized carbons (Fsp3) is 0.517. The van der Waals surface area contributed by atoms with Crippen molar-refractivity contribution in [3.05, 3.63) is 51.7 Å². The van der Waals surface area contributed by atoms with Gasteiger partial charge in [0, 0.05) is 13.0 Å². The number of nitrogens with one attached hydrogen (secondary N) is 2. The summed E-state index contributed by atoms with van der Waals surface area (Å²) in [6, 6.07) is 8.15. The fourth-order valence-corrected chi connectivity index (χ4v) is 5.19. The predicted molar refractivity (Wildman–Crippen MR) is 154 cm³/mol. The minimum Gasteiger partial charge on any atom is -0.487 e. The highest BCUT2D eigenvalue weighted by Gasteiger charge is 2.44. The van der Waals surface area contributed by atoms with Gasteiger partial charge in [-0.15, -0.1) is 11.3 Å². The van der Waals surface area contributed by atoms with E-state index >= 15 is 0 Å². The normalized spacial score (nSPS) is 22.8. The second kappa shape index (κ2) is 14.8. The Labute approximate surface area is 252 Å². The van der Waals surface area contributed by atoms with Crippen LogP contribution in [0, 0.1) is 0 Å². The molecule has 43 heavy (non-hydrogen) atoms. The zero-order valence-electron chi connectivity index (χ0n) is 24.1. The Bertz CT molecular complexity index is 1270. The maximum absolute atomic E-state index is 13.0. The summed E-state index contributed by atoms with van der Waals surface area (Å²) in [6.07, 6.45) is -9.02. The molecular formula is C29H38N2O11S. The van der Waals surface area contributed by atoms with Gasteiger partial charge in [0.1, 0.15) is 47.7 Å². The molecule has 3 rings (SSSR count). The van der Waals surface area contributed by atoms with Gasteiger partial charge in [-0.3, -0.25) is 14.4 Å². The Kier molecular flexibility index (Phi) is 11.6. The van der Waals surface area contributed by atoms with E-state index in [-0.39, 0.29) is 29.9 Å². The molecule has 13 nitrogen and oxygen atoms in total. The number of ether oxygens (including phenoxy) is 2. The van der Waals surface area contributed by atoms with Gasteiger partial charge in [0.25, 0.3) is 5.91 Å². The third kappa shape index (κ3) is 9.46. The maximum Gasteiger partial charge on any atom is 0.326 e. The lowest BCUT2D eigenvalue weighted by molar-refractivity contribution is -0.220. The molecule has 1 saturated heterocycles. The summed E-state index contributed by atoms with van der Waals surface area (Å²) in [5.74, 6) is -3.72. The van der Waals surface area contributed by atoms with Gasteiger partial charge in [0.05, 0.1) is 12.5 Å². The van der Waals surface area contributed by atoms with Gasteiger partial charge in [-0.05, 0) is 34.4 Å². The van der Waals surface area contributed by atoms with Crippen LogP contribution in [-0.4, -0.2) is 92.4 Å². The van der Waals surface area contributed by atoms with Crippen LogP contribution >= 0.6 is 11.3 Å². The number of aliphatic hydroxyl groups is 3. The monoisotopic (exact) mass is 622 g/mol. The Morgan fingerprint density at radius 2 is 1.63 bits per heavy atom. The highest BCUT2D eigenvalue weighted by atomic mass is 32.1. The summed E-state index contributed by atoms with van der Waals surface area (Å²) in [5, 5.41) is 55.6. The molecule has 0 bridgehead atoms. The number of benzene rings is 1. The SMILES string of the molecule is CC(C)(C)c1ccc(COc2ccsc2C(=O)NCC2OC(CC(=O)N[C@@H](CCC(=O)O)C(=O)O)C(O)C(O)C2O)cc1. The molecule has 0 spiro atoms. The number of hydrogen-bond acceptors (Lipinski definition) is 10. The van der Waals surface area contributed by atoms with Crippen LogP contribution in [0.3, 0.4) is 0 Å². The second-order valence-electron chi connectivity index (χ2n) is 11.3. The first-order valence-electron chi connectivity index (χ1n) is 13.7. The molecule has 2 aromatic rings. The molecule has 2 amide bonds. The molecule has 0 aliphatic carbocycles. The molecule has 1 aromatic carbocycles. The smallest absolute Gasteiger partial charge is 0.326 e. The van der Waals surface area contributed by atoms with Crippen molar-refractivity contribution >= 4 is 35.1 Å². The van der Waals surface area contributed by atoms with E-state index in [2.05, 4.69) is 31.4 Å². The molecular weight excluding hydrogens is 584 g/mol. The molecule has 2 heterocycles. The zero-order valence-corrected chi connectivity index (χ0v) is 24.9. The minimum atomic E-state index is -1.72. The van der Waals surface area contributed by atoms with Gasteiger partial charge in [-0.1, -0.05) is 45.0 Å². The molecule has 14 heteroatoms. The summed E-state index contributed by atoms with van der Waals surface area (Å²) in [5.41, 5.74) is 2.11. The van der Waals surface area contributed by atoms with Gasteiger partial charge in [-0.25, -0.2) is 4.79 Å². The topological polar surface area (TPSA) is 212 Å². The number of rotatable bonds is 13. The molecule has 6 atom stereocenters. The van der Waals surface area contributed by atoms with Crippen LogP contribution in [0.5, 0.6) is 5.75 Å². The Balaban J connectivity index is 1.57. The average molecular weight is 623 g/mol. The zero-order chi connectivity index (χ0) is 31.9.